The van der Waals surface area contributed by atoms with Crippen molar-refractivity contribution in [3.8, 4) is 47.6 Å². The number of fused-ring (bicyclic) bond motifs is 4. The van der Waals surface area contributed by atoms with Crippen LogP contribution in [-0.4, -0.2) is 126 Å². The highest BCUT2D eigenvalue weighted by molar-refractivity contribution is 14.1. The SMILES string of the molecule is Brc1cnc2cccnn12.C#C[Si](C)(C)C.C#Cc1cnc2cccnn12.C1CCOC1.CO.COC(=O)c1ccc(C)c(C#Cc2cnc3cccnn23)c1.COC(=O)c1ccc(C)c(I)c1.C[Si](C)(C)C#Cc1cnc2cccnn12. The zero-order valence-corrected chi connectivity index (χ0v) is 54.0. The minimum atomic E-state index is -1.33. The molecule has 0 unspecified atom stereocenters. The Labute approximate surface area is 508 Å². The Morgan fingerprint density at radius 2 is 1.00 bits per heavy atom. The minimum absolute atomic E-state index is 0.284. The van der Waals surface area contributed by atoms with E-state index in [1.165, 1.54) is 32.6 Å². The lowest BCUT2D eigenvalue weighted by atomic mass is 10.1. The second-order valence-corrected chi connectivity index (χ2v) is 30.8. The number of aryl methyl sites for hydroxylation is 2. The number of hydrogen-bond donors (Lipinski definition) is 1. The number of carbonyl (C=O) groups is 2. The first-order valence-electron chi connectivity index (χ1n) is 25.6. The van der Waals surface area contributed by atoms with Crippen LogP contribution in [0.3, 0.4) is 0 Å². The van der Waals surface area contributed by atoms with Crippen LogP contribution in [0.25, 0.3) is 22.6 Å². The molecule has 8 aromatic heterocycles. The number of aliphatic hydroxyl groups is 1. The lowest BCUT2D eigenvalue weighted by Crippen LogP contribution is -2.16. The van der Waals surface area contributed by atoms with Crippen molar-refractivity contribution in [2.24, 2.45) is 0 Å². The number of aromatic nitrogens is 12. The topological polar surface area (TPSA) is 203 Å². The molecule has 0 amide bonds. The van der Waals surface area contributed by atoms with Crippen LogP contribution in [0.5, 0.6) is 0 Å². The highest BCUT2D eigenvalue weighted by Gasteiger charge is 2.10. The van der Waals surface area contributed by atoms with Crippen LogP contribution < -0.4 is 0 Å². The van der Waals surface area contributed by atoms with Gasteiger partial charge in [-0.15, -0.1) is 23.9 Å². The van der Waals surface area contributed by atoms with Gasteiger partial charge < -0.3 is 19.3 Å². The average molecular weight is 1330 g/mol. The summed E-state index contributed by atoms with van der Waals surface area (Å²) in [7, 11) is 1.31. The third kappa shape index (κ3) is 22.2. The van der Waals surface area contributed by atoms with E-state index in [2.05, 4.69) is 158 Å². The third-order valence-corrected chi connectivity index (χ3v) is 14.1. The summed E-state index contributed by atoms with van der Waals surface area (Å²) in [6.07, 6.45) is 26.5. The predicted molar refractivity (Wildman–Crippen MR) is 342 cm³/mol. The third-order valence-electron chi connectivity index (χ3n) is 10.6. The summed E-state index contributed by atoms with van der Waals surface area (Å²) in [5, 5.41) is 23.5. The zero-order chi connectivity index (χ0) is 61.0. The van der Waals surface area contributed by atoms with Crippen LogP contribution >= 0.6 is 38.5 Å². The maximum Gasteiger partial charge on any atom is 0.337 e. The molecule has 1 fully saturated rings. The van der Waals surface area contributed by atoms with Crippen molar-refractivity contribution in [3.05, 3.63) is 188 Å². The van der Waals surface area contributed by atoms with Crippen LogP contribution in [0.4, 0.5) is 0 Å². The molecule has 83 heavy (non-hydrogen) atoms. The molecule has 1 saturated heterocycles. The lowest BCUT2D eigenvalue weighted by molar-refractivity contribution is 0.0592. The maximum atomic E-state index is 11.6. The van der Waals surface area contributed by atoms with Crippen molar-refractivity contribution >= 4 is 89.2 Å². The fourth-order valence-electron chi connectivity index (χ4n) is 6.29. The van der Waals surface area contributed by atoms with Crippen LogP contribution in [0.1, 0.15) is 67.3 Å². The number of benzene rings is 2. The van der Waals surface area contributed by atoms with Gasteiger partial charge in [0.2, 0.25) is 0 Å². The second kappa shape index (κ2) is 34.2. The first-order valence-corrected chi connectivity index (χ1v) is 34.5. The Bertz CT molecular complexity index is 3930. The minimum Gasteiger partial charge on any atom is -0.465 e. The first-order chi connectivity index (χ1) is 39.7. The number of ether oxygens (including phenoxy) is 3. The van der Waals surface area contributed by atoms with Crippen molar-refractivity contribution in [2.75, 3.05) is 34.5 Å². The molecule has 1 aliphatic rings. The summed E-state index contributed by atoms with van der Waals surface area (Å²) in [5.41, 5.74) is 15.5. The Morgan fingerprint density at radius 3 is 1.41 bits per heavy atom. The first kappa shape index (κ1) is 67.2. The number of terminal acetylenes is 2. The molecule has 0 aliphatic carbocycles. The predicted octanol–water partition coefficient (Wildman–Crippen LogP) is 10.7. The normalized spacial score (nSPS) is 10.9. The molecule has 0 radical (unpaired) electrons. The number of nitrogens with zero attached hydrogens (tertiary/aromatic N) is 12. The summed E-state index contributed by atoms with van der Waals surface area (Å²) < 4.78 is 23.0. The number of methoxy groups -OCH3 is 2. The van der Waals surface area contributed by atoms with Crippen LogP contribution in [-0.2, 0) is 14.2 Å². The van der Waals surface area contributed by atoms with E-state index < -0.39 is 16.1 Å². The molecule has 18 nitrogen and oxygen atoms in total. The van der Waals surface area contributed by atoms with E-state index >= 15 is 0 Å². The molecule has 0 atom stereocenters. The van der Waals surface area contributed by atoms with Gasteiger partial charge in [-0.25, -0.2) is 47.6 Å². The molecule has 1 N–H and O–H groups in total. The lowest BCUT2D eigenvalue weighted by Gasteiger charge is -2.02. The van der Waals surface area contributed by atoms with E-state index in [1.54, 1.807) is 85.8 Å². The van der Waals surface area contributed by atoms with Crippen LogP contribution in [0.15, 0.2) is 139 Å². The smallest absolute Gasteiger partial charge is 0.337 e. The van der Waals surface area contributed by atoms with Gasteiger partial charge in [-0.05, 0) is 161 Å². The maximum absolute atomic E-state index is 11.6. The van der Waals surface area contributed by atoms with Gasteiger partial charge in [0.1, 0.15) is 37.8 Å². The molecule has 0 bridgehead atoms. The monoisotopic (exact) mass is 1320 g/mol. The summed E-state index contributed by atoms with van der Waals surface area (Å²) in [6, 6.07) is 25.7. The van der Waals surface area contributed by atoms with Gasteiger partial charge in [0.15, 0.2) is 22.6 Å². The molecule has 22 heteroatoms. The van der Waals surface area contributed by atoms with Crippen molar-refractivity contribution in [1.29, 1.82) is 0 Å². The largest absolute Gasteiger partial charge is 0.465 e. The molecule has 0 spiro atoms. The Kier molecular flexibility index (Phi) is 27.7. The number of aliphatic hydroxyl groups excluding tert-OH is 1. The molecule has 0 saturated carbocycles. The number of rotatable bonds is 2. The molecule has 9 heterocycles. The van der Waals surface area contributed by atoms with Gasteiger partial charge in [0.05, 0.1) is 50.1 Å². The fourth-order valence-corrected chi connectivity index (χ4v) is 7.68. The molecular weight excluding hydrogens is 1260 g/mol. The fraction of sp³-hybridized carbons (Fsp3) is 0.246. The summed E-state index contributed by atoms with van der Waals surface area (Å²) in [4.78, 5) is 39.2. The highest BCUT2D eigenvalue weighted by atomic mass is 127. The van der Waals surface area contributed by atoms with Crippen molar-refractivity contribution in [2.45, 2.75) is 66.0 Å². The number of imidazole rings is 4. The van der Waals surface area contributed by atoms with Crippen LogP contribution in [0, 0.1) is 65.0 Å². The van der Waals surface area contributed by atoms with Gasteiger partial charge >= 0.3 is 11.9 Å². The van der Waals surface area contributed by atoms with Crippen LogP contribution in [0.2, 0.25) is 39.3 Å². The second-order valence-electron chi connectivity index (χ2n) is 19.3. The van der Waals surface area contributed by atoms with Gasteiger partial charge in [-0.2, -0.15) is 20.4 Å². The molecule has 10 aromatic rings. The number of carbonyl (C=O) groups excluding carboxylic acids is 2. The van der Waals surface area contributed by atoms with Gasteiger partial charge in [0, 0.05) is 54.2 Å². The van der Waals surface area contributed by atoms with Crippen molar-refractivity contribution < 1.29 is 28.9 Å². The molecule has 1 aliphatic heterocycles. The van der Waals surface area contributed by atoms with Gasteiger partial charge in [-0.3, -0.25) is 0 Å². The Balaban J connectivity index is 0.000000216. The number of halogens is 2. The quantitative estimate of drug-likeness (QED) is 0.0741. The van der Waals surface area contributed by atoms with E-state index in [1.807, 2.05) is 80.6 Å². The standard InChI is InChI=1S/C17H13N3O2.C11H13N3Si.C9H9IO2.C8H5N3.C6H4BrN3.C5H10Si.C4H8O.CH4O/c1-12-5-6-14(17(21)22-2)10-13(12)7-8-15-11-18-16-4-3-9-19-20(15)16;1-15(2,3)8-6-10-9-12-11-5-4-7-13-14(10)11;1-6-3-4-7(5-8(6)10)9(11)12-2;1-2-7-6-9-8-4-3-5-10-11(7)8;7-5-4-8-6-2-1-3-9-10(5)6;1-5-6(2,3)4;1-2-4-5-3-1;1-2/h3-6,9-11H,1-2H3;4-5,7,9H,1-3H3;3-5H,1-2H3;1,3-6H;1-4H;1H,2-4H3;1-4H2;2H,1H3. The van der Waals surface area contributed by atoms with E-state index in [0.29, 0.717) is 22.5 Å². The summed E-state index contributed by atoms with van der Waals surface area (Å²) in [5.74, 6) is 11.1. The number of hydrogen-bond acceptors (Lipinski definition) is 14. The van der Waals surface area contributed by atoms with Gasteiger partial charge in [-0.1, -0.05) is 63.3 Å². The van der Waals surface area contributed by atoms with E-state index in [9.17, 15) is 9.59 Å². The summed E-state index contributed by atoms with van der Waals surface area (Å²) in [6.45, 7) is 19.0. The van der Waals surface area contributed by atoms with E-state index in [0.717, 1.165) is 67.9 Å². The Morgan fingerprint density at radius 1 is 0.590 bits per heavy atom. The average Bonchev–Trinajstić information content (AvgIpc) is 4.39. The summed E-state index contributed by atoms with van der Waals surface area (Å²) >= 11 is 5.50. The van der Waals surface area contributed by atoms with Crippen molar-refractivity contribution in [3.63, 3.8) is 0 Å². The van der Waals surface area contributed by atoms with E-state index in [-0.39, 0.29) is 11.9 Å². The van der Waals surface area contributed by atoms with Gasteiger partial charge in [0.25, 0.3) is 0 Å². The molecular formula is C61H66BrIN12O6Si2. The van der Waals surface area contributed by atoms with E-state index in [4.69, 9.17) is 27.4 Å². The van der Waals surface area contributed by atoms with Crippen molar-refractivity contribution in [1.82, 2.24) is 58.4 Å². The number of esters is 2. The highest BCUT2D eigenvalue weighted by Crippen LogP contribution is 2.15. The molecule has 2 aromatic carbocycles. The molecule has 11 rings (SSSR count). The Hall–Kier alpha value is -8.34. The molecule has 428 valence electrons. The zero-order valence-electron chi connectivity index (χ0n) is 48.3.